The van der Waals surface area contributed by atoms with Gasteiger partial charge in [0.2, 0.25) is 0 Å². The molecule has 1 heterocycles. The molecule has 0 spiro atoms. The Kier molecular flexibility index (Phi) is 3.63. The number of likely N-dealkylation sites (tertiary alicyclic amines) is 1. The van der Waals surface area contributed by atoms with Crippen molar-refractivity contribution in [3.8, 4) is 0 Å². The van der Waals surface area contributed by atoms with E-state index in [1.165, 1.54) is 0 Å². The third-order valence-electron chi connectivity index (χ3n) is 2.80. The molecule has 0 aliphatic carbocycles. The number of hydrogen-bond acceptors (Lipinski definition) is 3. The van der Waals surface area contributed by atoms with Gasteiger partial charge in [0.25, 0.3) is 0 Å². The Morgan fingerprint density at radius 3 is 2.71 bits per heavy atom. The second kappa shape index (κ2) is 4.55. The molecule has 4 heteroatoms. The summed E-state index contributed by atoms with van der Waals surface area (Å²) in [5.74, 6) is -0.667. The van der Waals surface area contributed by atoms with Crippen LogP contribution in [-0.2, 0) is 9.59 Å². The first-order valence-electron chi connectivity index (χ1n) is 5.00. The van der Waals surface area contributed by atoms with E-state index in [1.54, 1.807) is 13.8 Å². The zero-order chi connectivity index (χ0) is 10.7. The van der Waals surface area contributed by atoms with E-state index < -0.39 is 12.0 Å². The Bertz CT molecular complexity index is 240. The van der Waals surface area contributed by atoms with Crippen molar-refractivity contribution >= 4 is 11.8 Å². The number of aliphatic carboxylic acids is 1. The van der Waals surface area contributed by atoms with Crippen molar-refractivity contribution in [1.82, 2.24) is 4.90 Å². The van der Waals surface area contributed by atoms with Gasteiger partial charge in [-0.05, 0) is 33.2 Å². The van der Waals surface area contributed by atoms with E-state index in [2.05, 4.69) is 0 Å². The quantitative estimate of drug-likeness (QED) is 0.731. The minimum absolute atomic E-state index is 0.138. The van der Waals surface area contributed by atoms with Crippen LogP contribution in [0.25, 0.3) is 0 Å². The van der Waals surface area contributed by atoms with Gasteiger partial charge in [-0.25, -0.2) is 0 Å². The van der Waals surface area contributed by atoms with E-state index in [4.69, 9.17) is 5.11 Å². The normalized spacial score (nSPS) is 24.9. The summed E-state index contributed by atoms with van der Waals surface area (Å²) in [5.41, 5.74) is 0. The molecule has 1 rings (SSSR count). The number of Topliss-reactive ketones (excluding diaryl/α,β-unsaturated/α-hetero) is 1. The van der Waals surface area contributed by atoms with E-state index >= 15 is 0 Å². The van der Waals surface area contributed by atoms with Gasteiger partial charge in [0.1, 0.15) is 11.8 Å². The topological polar surface area (TPSA) is 57.6 Å². The van der Waals surface area contributed by atoms with Crippen LogP contribution in [-0.4, -0.2) is 40.4 Å². The standard InChI is InChI=1S/C10H17NO3/c1-7(12)6-9-4-3-5-11(9)8(2)10(13)14/h8-9H,3-6H2,1-2H3,(H,13,14). The van der Waals surface area contributed by atoms with Gasteiger partial charge in [0.15, 0.2) is 0 Å². The van der Waals surface area contributed by atoms with Gasteiger partial charge in [-0.3, -0.25) is 14.5 Å². The second-order valence-corrected chi connectivity index (χ2v) is 3.95. The molecule has 2 atom stereocenters. The lowest BCUT2D eigenvalue weighted by Crippen LogP contribution is -2.42. The maximum atomic E-state index is 11.0. The Labute approximate surface area is 83.9 Å². The highest BCUT2D eigenvalue weighted by molar-refractivity contribution is 5.76. The molecule has 14 heavy (non-hydrogen) atoms. The van der Waals surface area contributed by atoms with Crippen LogP contribution < -0.4 is 0 Å². The van der Waals surface area contributed by atoms with Crippen molar-refractivity contribution in [1.29, 1.82) is 0 Å². The molecule has 0 bridgehead atoms. The molecule has 1 aliphatic heterocycles. The van der Waals surface area contributed by atoms with E-state index in [-0.39, 0.29) is 11.8 Å². The largest absolute Gasteiger partial charge is 0.480 e. The van der Waals surface area contributed by atoms with E-state index in [1.807, 2.05) is 4.90 Å². The maximum Gasteiger partial charge on any atom is 0.320 e. The lowest BCUT2D eigenvalue weighted by molar-refractivity contribution is -0.143. The summed E-state index contributed by atoms with van der Waals surface area (Å²) in [5, 5.41) is 8.87. The molecule has 0 aromatic rings. The highest BCUT2D eigenvalue weighted by atomic mass is 16.4. The average molecular weight is 199 g/mol. The van der Waals surface area contributed by atoms with Gasteiger partial charge in [-0.1, -0.05) is 0 Å². The number of carboxylic acid groups (broad SMARTS) is 1. The highest BCUT2D eigenvalue weighted by Crippen LogP contribution is 2.22. The first kappa shape index (κ1) is 11.2. The number of carbonyl (C=O) groups is 2. The number of ketones is 1. The van der Waals surface area contributed by atoms with Crippen molar-refractivity contribution in [3.05, 3.63) is 0 Å². The van der Waals surface area contributed by atoms with Crippen molar-refractivity contribution < 1.29 is 14.7 Å². The van der Waals surface area contributed by atoms with Gasteiger partial charge in [0, 0.05) is 12.5 Å². The van der Waals surface area contributed by atoms with Gasteiger partial charge in [0.05, 0.1) is 0 Å². The van der Waals surface area contributed by atoms with Gasteiger partial charge in [-0.15, -0.1) is 0 Å². The predicted octanol–water partition coefficient (Wildman–Crippen LogP) is 0.903. The minimum Gasteiger partial charge on any atom is -0.480 e. The molecule has 0 aromatic heterocycles. The molecule has 80 valence electrons. The number of hydrogen-bond donors (Lipinski definition) is 1. The zero-order valence-electron chi connectivity index (χ0n) is 8.69. The van der Waals surface area contributed by atoms with Crippen molar-refractivity contribution in [2.24, 2.45) is 0 Å². The summed E-state index contributed by atoms with van der Waals surface area (Å²) in [6, 6.07) is -0.333. The lowest BCUT2D eigenvalue weighted by Gasteiger charge is -2.27. The van der Waals surface area contributed by atoms with Crippen LogP contribution in [0, 0.1) is 0 Å². The molecule has 1 fully saturated rings. The van der Waals surface area contributed by atoms with Crippen molar-refractivity contribution in [3.63, 3.8) is 0 Å². The monoisotopic (exact) mass is 199 g/mol. The number of carboxylic acids is 1. The maximum absolute atomic E-state index is 11.0. The molecule has 1 aliphatic rings. The van der Waals surface area contributed by atoms with E-state index in [0.29, 0.717) is 6.42 Å². The summed E-state index contributed by atoms with van der Waals surface area (Å²) < 4.78 is 0. The molecule has 1 N–H and O–H groups in total. The van der Waals surface area contributed by atoms with Crippen LogP contribution in [0.4, 0.5) is 0 Å². The summed E-state index contributed by atoms with van der Waals surface area (Å²) in [6.07, 6.45) is 2.42. The fourth-order valence-corrected chi connectivity index (χ4v) is 2.06. The van der Waals surface area contributed by atoms with Crippen molar-refractivity contribution in [2.75, 3.05) is 6.54 Å². The molecule has 4 nitrogen and oxygen atoms in total. The number of nitrogens with zero attached hydrogens (tertiary/aromatic N) is 1. The first-order valence-corrected chi connectivity index (χ1v) is 5.00. The van der Waals surface area contributed by atoms with Crippen LogP contribution in [0.3, 0.4) is 0 Å². The average Bonchev–Trinajstić information content (AvgIpc) is 2.49. The summed E-state index contributed by atoms with van der Waals surface area (Å²) in [4.78, 5) is 23.7. The van der Waals surface area contributed by atoms with E-state index in [9.17, 15) is 9.59 Å². The molecule has 2 unspecified atom stereocenters. The Balaban J connectivity index is 2.58. The SMILES string of the molecule is CC(=O)CC1CCCN1C(C)C(=O)O. The molecule has 0 radical (unpaired) electrons. The molecular weight excluding hydrogens is 182 g/mol. The summed E-state index contributed by atoms with van der Waals surface area (Å²) >= 11 is 0. The minimum atomic E-state index is -0.805. The van der Waals surface area contributed by atoms with Crippen molar-refractivity contribution in [2.45, 2.75) is 45.2 Å². The molecule has 0 amide bonds. The molecular formula is C10H17NO3. The first-order chi connectivity index (χ1) is 6.52. The van der Waals surface area contributed by atoms with Crippen LogP contribution in [0.1, 0.15) is 33.1 Å². The smallest absolute Gasteiger partial charge is 0.320 e. The molecule has 1 saturated heterocycles. The fourth-order valence-electron chi connectivity index (χ4n) is 2.06. The summed E-state index contributed by atoms with van der Waals surface area (Å²) in [7, 11) is 0. The van der Waals surface area contributed by atoms with E-state index in [0.717, 1.165) is 19.4 Å². The second-order valence-electron chi connectivity index (χ2n) is 3.95. The zero-order valence-corrected chi connectivity index (χ0v) is 8.69. The third kappa shape index (κ3) is 2.54. The predicted molar refractivity (Wildman–Crippen MR) is 52.1 cm³/mol. The lowest BCUT2D eigenvalue weighted by atomic mass is 10.1. The molecule has 0 saturated carbocycles. The van der Waals surface area contributed by atoms with Crippen LogP contribution in [0.2, 0.25) is 0 Å². The van der Waals surface area contributed by atoms with Gasteiger partial charge >= 0.3 is 5.97 Å². The Hall–Kier alpha value is -0.900. The van der Waals surface area contributed by atoms with Crippen LogP contribution in [0.5, 0.6) is 0 Å². The Morgan fingerprint density at radius 1 is 1.57 bits per heavy atom. The van der Waals surface area contributed by atoms with Crippen LogP contribution >= 0.6 is 0 Å². The van der Waals surface area contributed by atoms with Gasteiger partial charge < -0.3 is 5.11 Å². The van der Waals surface area contributed by atoms with Gasteiger partial charge in [-0.2, -0.15) is 0 Å². The number of carbonyl (C=O) groups excluding carboxylic acids is 1. The molecule has 0 aromatic carbocycles. The number of rotatable bonds is 4. The Morgan fingerprint density at radius 2 is 2.21 bits per heavy atom. The summed E-state index contributed by atoms with van der Waals surface area (Å²) in [6.45, 7) is 4.04. The van der Waals surface area contributed by atoms with Crippen LogP contribution in [0.15, 0.2) is 0 Å². The third-order valence-corrected chi connectivity index (χ3v) is 2.80. The highest BCUT2D eigenvalue weighted by Gasteiger charge is 2.32. The fraction of sp³-hybridized carbons (Fsp3) is 0.800.